The summed E-state index contributed by atoms with van der Waals surface area (Å²) in [5, 5.41) is 0. The van der Waals surface area contributed by atoms with Gasteiger partial charge in [0, 0.05) is 37.4 Å². The predicted molar refractivity (Wildman–Crippen MR) is 109 cm³/mol. The molecule has 1 amide bonds. The van der Waals surface area contributed by atoms with Crippen molar-refractivity contribution in [1.29, 1.82) is 0 Å². The molecular formula is C21H33N3O5. The summed E-state index contributed by atoms with van der Waals surface area (Å²) >= 11 is 0. The summed E-state index contributed by atoms with van der Waals surface area (Å²) < 4.78 is 10.4. The van der Waals surface area contributed by atoms with Gasteiger partial charge in [-0.15, -0.1) is 0 Å². The van der Waals surface area contributed by atoms with Gasteiger partial charge >= 0.3 is 12.1 Å². The van der Waals surface area contributed by atoms with Crippen LogP contribution in [-0.4, -0.2) is 78.6 Å². The van der Waals surface area contributed by atoms with Crippen molar-refractivity contribution in [1.82, 2.24) is 14.8 Å². The third-order valence-electron chi connectivity index (χ3n) is 4.95. The first kappa shape index (κ1) is 22.9. The Kier molecular flexibility index (Phi) is 8.25. The van der Waals surface area contributed by atoms with Gasteiger partial charge in [0.15, 0.2) is 5.78 Å². The molecule has 0 atom stereocenters. The summed E-state index contributed by atoms with van der Waals surface area (Å²) in [5.74, 6) is -0.188. The van der Waals surface area contributed by atoms with E-state index in [9.17, 15) is 14.4 Å². The molecule has 2 rings (SSSR count). The highest BCUT2D eigenvalue weighted by molar-refractivity contribution is 6.03. The molecule has 8 nitrogen and oxygen atoms in total. The van der Waals surface area contributed by atoms with Gasteiger partial charge in [0.2, 0.25) is 0 Å². The number of rotatable bonds is 7. The fourth-order valence-electron chi connectivity index (χ4n) is 3.50. The average molecular weight is 408 g/mol. The van der Waals surface area contributed by atoms with Crippen LogP contribution in [0.5, 0.6) is 0 Å². The Balaban J connectivity index is 1.98. The number of nitrogens with zero attached hydrogens (tertiary/aromatic N) is 2. The summed E-state index contributed by atoms with van der Waals surface area (Å²) in [4.78, 5) is 43.9. The van der Waals surface area contributed by atoms with Crippen LogP contribution in [0, 0.1) is 19.8 Å². The van der Waals surface area contributed by atoms with E-state index in [1.54, 1.807) is 25.7 Å². The molecule has 0 spiro atoms. The van der Waals surface area contributed by atoms with Crippen molar-refractivity contribution in [3.05, 3.63) is 22.5 Å². The lowest BCUT2D eigenvalue weighted by atomic mass is 10.1. The molecule has 1 N–H and O–H groups in total. The van der Waals surface area contributed by atoms with Crippen LogP contribution in [0.3, 0.4) is 0 Å². The molecule has 1 saturated heterocycles. The predicted octanol–water partition coefficient (Wildman–Crippen LogP) is 2.79. The molecule has 0 unspecified atom stereocenters. The molecule has 2 heterocycles. The number of aromatic amines is 1. The third kappa shape index (κ3) is 6.06. The molecule has 0 aliphatic carbocycles. The van der Waals surface area contributed by atoms with Crippen molar-refractivity contribution in [2.75, 3.05) is 45.9 Å². The lowest BCUT2D eigenvalue weighted by Crippen LogP contribution is -2.37. The van der Waals surface area contributed by atoms with Crippen molar-refractivity contribution in [3.63, 3.8) is 0 Å². The van der Waals surface area contributed by atoms with E-state index in [2.05, 4.69) is 4.98 Å². The number of nitrogens with one attached hydrogen (secondary N) is 1. The number of H-pyrrole nitrogens is 1. The summed E-state index contributed by atoms with van der Waals surface area (Å²) in [6.07, 6.45) is 0.492. The number of carbonyl (C=O) groups excluding carboxylic acids is 3. The number of hydrogen-bond donors (Lipinski definition) is 1. The zero-order chi connectivity index (χ0) is 21.6. The second-order valence-corrected chi connectivity index (χ2v) is 7.86. The van der Waals surface area contributed by atoms with E-state index in [1.165, 1.54) is 0 Å². The largest absolute Gasteiger partial charge is 0.461 e. The van der Waals surface area contributed by atoms with Gasteiger partial charge in [-0.05, 0) is 38.7 Å². The van der Waals surface area contributed by atoms with E-state index in [-0.39, 0.29) is 25.0 Å². The maximum Gasteiger partial charge on any atom is 0.409 e. The van der Waals surface area contributed by atoms with Crippen LogP contribution >= 0.6 is 0 Å². The summed E-state index contributed by atoms with van der Waals surface area (Å²) in [5.41, 5.74) is 2.18. The van der Waals surface area contributed by atoms with Crippen molar-refractivity contribution >= 4 is 17.8 Å². The Hall–Kier alpha value is -2.35. The normalized spacial score (nSPS) is 15.3. The minimum atomic E-state index is -0.447. The molecule has 1 aromatic heterocycles. The maximum atomic E-state index is 12.9. The summed E-state index contributed by atoms with van der Waals surface area (Å²) in [7, 11) is 0. The molecule has 8 heteroatoms. The van der Waals surface area contributed by atoms with E-state index in [0.29, 0.717) is 54.7 Å². The first-order chi connectivity index (χ1) is 13.7. The fraction of sp³-hybridized carbons (Fsp3) is 0.667. The van der Waals surface area contributed by atoms with Gasteiger partial charge in [-0.2, -0.15) is 0 Å². The van der Waals surface area contributed by atoms with Crippen LogP contribution in [0.25, 0.3) is 0 Å². The topological polar surface area (TPSA) is 91.9 Å². The fourth-order valence-corrected chi connectivity index (χ4v) is 3.50. The van der Waals surface area contributed by atoms with E-state index < -0.39 is 5.97 Å². The minimum absolute atomic E-state index is 0.0392. The molecular weight excluding hydrogens is 374 g/mol. The molecule has 0 aromatic carbocycles. The highest BCUT2D eigenvalue weighted by atomic mass is 16.6. The van der Waals surface area contributed by atoms with E-state index >= 15 is 0 Å². The number of amides is 1. The van der Waals surface area contributed by atoms with Gasteiger partial charge < -0.3 is 19.4 Å². The molecule has 1 aromatic rings. The van der Waals surface area contributed by atoms with Crippen molar-refractivity contribution in [2.24, 2.45) is 5.92 Å². The average Bonchev–Trinajstić information content (AvgIpc) is 2.82. The second kappa shape index (κ2) is 10.4. The zero-order valence-electron chi connectivity index (χ0n) is 18.2. The second-order valence-electron chi connectivity index (χ2n) is 7.86. The number of aromatic nitrogens is 1. The number of esters is 1. The molecule has 29 heavy (non-hydrogen) atoms. The molecule has 0 saturated carbocycles. The third-order valence-corrected chi connectivity index (χ3v) is 4.95. The molecule has 1 fully saturated rings. The number of aryl methyl sites for hydroxylation is 1. The molecule has 1 aliphatic heterocycles. The number of Topliss-reactive ketones (excluding diaryl/α,β-unsaturated/α-hetero) is 1. The lowest BCUT2D eigenvalue weighted by Gasteiger charge is -2.21. The Morgan fingerprint density at radius 1 is 1.07 bits per heavy atom. The van der Waals surface area contributed by atoms with Gasteiger partial charge in [-0.3, -0.25) is 9.69 Å². The lowest BCUT2D eigenvalue weighted by molar-refractivity contribution is 0.0519. The molecule has 1 aliphatic rings. The van der Waals surface area contributed by atoms with Gasteiger partial charge in [-0.1, -0.05) is 13.8 Å². The Morgan fingerprint density at radius 2 is 1.79 bits per heavy atom. The van der Waals surface area contributed by atoms with Crippen LogP contribution in [0.4, 0.5) is 4.79 Å². The number of carbonyl (C=O) groups is 3. The summed E-state index contributed by atoms with van der Waals surface area (Å²) in [6, 6.07) is 0. The standard InChI is InChI=1S/C21H33N3O5/c1-6-28-20(26)19-15(4)18(16(5)22-19)17(25)12-23-8-7-9-24(11-10-23)21(27)29-13-14(2)3/h14,22H,6-13H2,1-5H3. The van der Waals surface area contributed by atoms with Crippen molar-refractivity contribution in [2.45, 2.75) is 41.0 Å². The van der Waals surface area contributed by atoms with Crippen LogP contribution in [-0.2, 0) is 9.47 Å². The maximum absolute atomic E-state index is 12.9. The Labute approximate surface area is 172 Å². The van der Waals surface area contributed by atoms with E-state index in [4.69, 9.17) is 9.47 Å². The SMILES string of the molecule is CCOC(=O)c1[nH]c(C)c(C(=O)CN2CCCN(C(=O)OCC(C)C)CC2)c1C. The Bertz CT molecular complexity index is 741. The van der Waals surface area contributed by atoms with Crippen LogP contribution < -0.4 is 0 Å². The zero-order valence-corrected chi connectivity index (χ0v) is 18.2. The number of ether oxygens (including phenoxy) is 2. The monoisotopic (exact) mass is 407 g/mol. The molecule has 0 radical (unpaired) electrons. The minimum Gasteiger partial charge on any atom is -0.461 e. The number of hydrogen-bond acceptors (Lipinski definition) is 6. The van der Waals surface area contributed by atoms with Gasteiger partial charge in [0.1, 0.15) is 5.69 Å². The van der Waals surface area contributed by atoms with Gasteiger partial charge in [0.25, 0.3) is 0 Å². The highest BCUT2D eigenvalue weighted by Crippen LogP contribution is 2.20. The van der Waals surface area contributed by atoms with Gasteiger partial charge in [-0.25, -0.2) is 9.59 Å². The van der Waals surface area contributed by atoms with Crippen LogP contribution in [0.15, 0.2) is 0 Å². The van der Waals surface area contributed by atoms with E-state index in [0.717, 1.165) is 13.0 Å². The van der Waals surface area contributed by atoms with Crippen molar-refractivity contribution in [3.8, 4) is 0 Å². The number of ketones is 1. The van der Waals surface area contributed by atoms with E-state index in [1.807, 2.05) is 18.7 Å². The Morgan fingerprint density at radius 3 is 2.45 bits per heavy atom. The molecule has 162 valence electrons. The molecule has 0 bridgehead atoms. The van der Waals surface area contributed by atoms with Gasteiger partial charge in [0.05, 0.1) is 19.8 Å². The first-order valence-electron chi connectivity index (χ1n) is 10.3. The first-order valence-corrected chi connectivity index (χ1v) is 10.3. The quantitative estimate of drug-likeness (QED) is 0.552. The smallest absolute Gasteiger partial charge is 0.409 e. The highest BCUT2D eigenvalue weighted by Gasteiger charge is 2.26. The van der Waals surface area contributed by atoms with Crippen LogP contribution in [0.1, 0.15) is 59.3 Å². The van der Waals surface area contributed by atoms with Crippen LogP contribution in [0.2, 0.25) is 0 Å². The summed E-state index contributed by atoms with van der Waals surface area (Å²) in [6.45, 7) is 12.7. The van der Waals surface area contributed by atoms with Crippen molar-refractivity contribution < 1.29 is 23.9 Å².